The highest BCUT2D eigenvalue weighted by Crippen LogP contribution is 2.71. The molecule has 2 saturated carbocycles. The van der Waals surface area contributed by atoms with E-state index in [4.69, 9.17) is 23.2 Å². The number of ketones is 2. The van der Waals surface area contributed by atoms with E-state index in [0.717, 1.165) is 0 Å². The number of hydrogen-bond acceptors (Lipinski definition) is 3. The fourth-order valence-corrected chi connectivity index (χ4v) is 7.91. The summed E-state index contributed by atoms with van der Waals surface area (Å²) in [7, 11) is 0. The molecule has 4 rings (SSSR count). The monoisotopic (exact) mass is 426 g/mol. The van der Waals surface area contributed by atoms with E-state index in [0.29, 0.717) is 12.8 Å². The summed E-state index contributed by atoms with van der Waals surface area (Å²) in [5.41, 5.74) is -3.04. The van der Waals surface area contributed by atoms with E-state index < -0.39 is 38.4 Å². The molecule has 0 aromatic rings. The number of hydrogen-bond donors (Lipinski definition) is 1. The molecule has 152 valence electrons. The quantitative estimate of drug-likeness (QED) is 0.627. The van der Waals surface area contributed by atoms with Gasteiger partial charge in [0.1, 0.15) is 11.4 Å². The zero-order valence-corrected chi connectivity index (χ0v) is 17.9. The van der Waals surface area contributed by atoms with Crippen molar-refractivity contribution in [2.45, 2.75) is 56.4 Å². The normalized spacial score (nSPS) is 52.4. The third kappa shape index (κ3) is 2.05. The molecular weight excluding hydrogens is 402 g/mol. The lowest BCUT2D eigenvalue weighted by atomic mass is 9.48. The minimum Gasteiger partial charge on any atom is -0.381 e. The maximum absolute atomic E-state index is 15.2. The largest absolute Gasteiger partial charge is 0.381 e. The number of rotatable bonds is 1. The van der Waals surface area contributed by atoms with Gasteiger partial charge in [-0.1, -0.05) is 26.8 Å². The average molecular weight is 427 g/mol. The molecule has 0 heterocycles. The van der Waals surface area contributed by atoms with E-state index in [1.54, 1.807) is 6.08 Å². The number of alkyl halides is 2. The fraction of sp³-hybridized carbons (Fsp3) is 0.636. The SMILES string of the molecule is CC(=O)[C@@]1(O)C(C)C[C@H]2[C@@H]3C=C(F)C4=CC(=O)C=C[C@]4(C)[C@@]3(Cl)C(Cl)C[C@@]21C. The van der Waals surface area contributed by atoms with E-state index >= 15 is 4.39 Å². The van der Waals surface area contributed by atoms with Crippen molar-refractivity contribution in [1.29, 1.82) is 0 Å². The summed E-state index contributed by atoms with van der Waals surface area (Å²) in [4.78, 5) is 23.3. The highest BCUT2D eigenvalue weighted by molar-refractivity contribution is 6.34. The molecule has 2 fully saturated rings. The van der Waals surface area contributed by atoms with Crippen LogP contribution in [-0.4, -0.2) is 32.5 Å². The van der Waals surface area contributed by atoms with Crippen LogP contribution in [0.3, 0.4) is 0 Å². The Morgan fingerprint density at radius 2 is 2.00 bits per heavy atom. The summed E-state index contributed by atoms with van der Waals surface area (Å²) in [5, 5.41) is 10.8. The van der Waals surface area contributed by atoms with Crippen molar-refractivity contribution >= 4 is 34.8 Å². The molecule has 0 bridgehead atoms. The number of Topliss-reactive ketones (excluding diaryl/α,β-unsaturated/α-hetero) is 1. The van der Waals surface area contributed by atoms with Crippen molar-refractivity contribution in [3.63, 3.8) is 0 Å². The maximum atomic E-state index is 15.2. The van der Waals surface area contributed by atoms with Crippen LogP contribution < -0.4 is 0 Å². The van der Waals surface area contributed by atoms with Gasteiger partial charge < -0.3 is 5.11 Å². The molecule has 0 aliphatic heterocycles. The number of fused-ring (bicyclic) bond motifs is 5. The Bertz CT molecular complexity index is 879. The molecule has 6 heteroatoms. The Labute approximate surface area is 174 Å². The zero-order chi connectivity index (χ0) is 20.9. The molecule has 0 amide bonds. The van der Waals surface area contributed by atoms with Crippen LogP contribution in [0.1, 0.15) is 40.5 Å². The highest BCUT2D eigenvalue weighted by atomic mass is 35.5. The third-order valence-electron chi connectivity index (χ3n) is 8.33. The van der Waals surface area contributed by atoms with E-state index in [1.807, 2.05) is 20.8 Å². The van der Waals surface area contributed by atoms with E-state index in [-0.39, 0.29) is 29.0 Å². The summed E-state index contributed by atoms with van der Waals surface area (Å²) in [6.45, 7) is 6.97. The van der Waals surface area contributed by atoms with Crippen molar-refractivity contribution in [3.05, 3.63) is 35.7 Å². The highest BCUT2D eigenvalue weighted by Gasteiger charge is 2.74. The molecule has 3 nitrogen and oxygen atoms in total. The summed E-state index contributed by atoms with van der Waals surface area (Å²) in [5.74, 6) is -2.01. The molecule has 0 spiro atoms. The summed E-state index contributed by atoms with van der Waals surface area (Å²) < 4.78 is 15.2. The first-order chi connectivity index (χ1) is 12.8. The van der Waals surface area contributed by atoms with Crippen molar-refractivity contribution in [2.24, 2.45) is 28.6 Å². The topological polar surface area (TPSA) is 54.4 Å². The van der Waals surface area contributed by atoms with Crippen LogP contribution in [0.5, 0.6) is 0 Å². The number of allylic oxidation sites excluding steroid dienone is 6. The van der Waals surface area contributed by atoms with Crippen molar-refractivity contribution in [1.82, 2.24) is 0 Å². The van der Waals surface area contributed by atoms with Gasteiger partial charge in [-0.05, 0) is 49.8 Å². The molecule has 0 aromatic heterocycles. The van der Waals surface area contributed by atoms with Gasteiger partial charge in [0.15, 0.2) is 11.6 Å². The van der Waals surface area contributed by atoms with Gasteiger partial charge in [0.05, 0.1) is 10.3 Å². The van der Waals surface area contributed by atoms with Crippen LogP contribution in [0, 0.1) is 28.6 Å². The van der Waals surface area contributed by atoms with Crippen molar-refractivity contribution in [3.8, 4) is 0 Å². The molecular formula is C22H25Cl2FO3. The summed E-state index contributed by atoms with van der Waals surface area (Å²) >= 11 is 14.2. The van der Waals surface area contributed by atoms with Crippen molar-refractivity contribution in [2.75, 3.05) is 0 Å². The van der Waals surface area contributed by atoms with E-state index in [9.17, 15) is 14.7 Å². The first-order valence-electron chi connectivity index (χ1n) is 9.73. The molecule has 4 aliphatic rings. The van der Waals surface area contributed by atoms with Crippen LogP contribution in [0.4, 0.5) is 4.39 Å². The molecule has 28 heavy (non-hydrogen) atoms. The summed E-state index contributed by atoms with van der Waals surface area (Å²) in [6, 6.07) is 0. The number of carbonyl (C=O) groups is 2. The number of halogens is 3. The van der Waals surface area contributed by atoms with Gasteiger partial charge in [-0.2, -0.15) is 0 Å². The maximum Gasteiger partial charge on any atom is 0.178 e. The Morgan fingerprint density at radius 1 is 1.36 bits per heavy atom. The van der Waals surface area contributed by atoms with Crippen LogP contribution in [-0.2, 0) is 9.59 Å². The fourth-order valence-electron chi connectivity index (χ4n) is 6.76. The zero-order valence-electron chi connectivity index (χ0n) is 16.4. The predicted octanol–water partition coefficient (Wildman–Crippen LogP) is 4.51. The second-order valence-corrected chi connectivity index (χ2v) is 10.6. The lowest BCUT2D eigenvalue weighted by molar-refractivity contribution is -0.160. The van der Waals surface area contributed by atoms with Gasteiger partial charge in [-0.3, -0.25) is 9.59 Å². The molecule has 0 aromatic carbocycles. The van der Waals surface area contributed by atoms with Crippen LogP contribution in [0.2, 0.25) is 0 Å². The van der Waals surface area contributed by atoms with Crippen LogP contribution in [0.15, 0.2) is 35.7 Å². The smallest absolute Gasteiger partial charge is 0.178 e. The lowest BCUT2D eigenvalue weighted by Gasteiger charge is -2.62. The molecule has 0 saturated heterocycles. The average Bonchev–Trinajstić information content (AvgIpc) is 2.81. The molecule has 0 radical (unpaired) electrons. The van der Waals surface area contributed by atoms with Gasteiger partial charge in [0.2, 0.25) is 0 Å². The Hall–Kier alpha value is -0.970. The minimum atomic E-state index is -1.53. The molecule has 1 N–H and O–H groups in total. The Kier molecular flexibility index (Phi) is 4.21. The minimum absolute atomic E-state index is 0.209. The molecule has 2 unspecified atom stereocenters. The van der Waals surface area contributed by atoms with Gasteiger partial charge in [0, 0.05) is 22.3 Å². The van der Waals surface area contributed by atoms with Crippen LogP contribution in [0.25, 0.3) is 0 Å². The van der Waals surface area contributed by atoms with Gasteiger partial charge in [-0.15, -0.1) is 23.2 Å². The third-order valence-corrected chi connectivity index (χ3v) is 9.85. The number of aliphatic hydroxyl groups is 1. The first kappa shape index (κ1) is 20.3. The lowest BCUT2D eigenvalue weighted by Crippen LogP contribution is -2.66. The van der Waals surface area contributed by atoms with Gasteiger partial charge >= 0.3 is 0 Å². The van der Waals surface area contributed by atoms with Gasteiger partial charge in [0.25, 0.3) is 0 Å². The predicted molar refractivity (Wildman–Crippen MR) is 107 cm³/mol. The van der Waals surface area contributed by atoms with E-state index in [2.05, 4.69) is 0 Å². The van der Waals surface area contributed by atoms with E-state index in [1.165, 1.54) is 25.2 Å². The standard InChI is InChI=1S/C22H25Cl2FO3/c1-11-7-14-15-9-17(25)16-8-13(27)5-6-19(16,3)21(15,24)18(23)10-20(14,4)22(11,28)12(2)26/h5-6,8-9,11,14-15,18,28H,7,10H2,1-4H3/t11?,14-,15-,18?,19-,20-,21-,22-/m0/s1. The molecule has 8 atom stereocenters. The first-order valence-corrected chi connectivity index (χ1v) is 10.5. The second kappa shape index (κ2) is 5.80. The Morgan fingerprint density at radius 3 is 2.61 bits per heavy atom. The number of carbonyl (C=O) groups excluding carboxylic acids is 2. The summed E-state index contributed by atoms with van der Waals surface area (Å²) in [6.07, 6.45) is 6.75. The van der Waals surface area contributed by atoms with Gasteiger partial charge in [-0.25, -0.2) is 4.39 Å². The second-order valence-electron chi connectivity index (χ2n) is 9.46. The van der Waals surface area contributed by atoms with Crippen LogP contribution >= 0.6 is 23.2 Å². The molecule has 4 aliphatic carbocycles. The Balaban J connectivity index is 1.94. The van der Waals surface area contributed by atoms with Crippen molar-refractivity contribution < 1.29 is 19.1 Å².